The van der Waals surface area contributed by atoms with Crippen molar-refractivity contribution in [3.63, 3.8) is 0 Å². The first-order chi connectivity index (χ1) is 15.1. The minimum absolute atomic E-state index is 0.323. The molecule has 0 aliphatic carbocycles. The van der Waals surface area contributed by atoms with Crippen LogP contribution in [0.4, 0.5) is 0 Å². The lowest BCUT2D eigenvalue weighted by Gasteiger charge is -2.15. The van der Waals surface area contributed by atoms with Gasteiger partial charge in [-0.25, -0.2) is 9.31 Å². The number of rotatable bonds is 8. The van der Waals surface area contributed by atoms with Gasteiger partial charge in [0.2, 0.25) is 0 Å². The summed E-state index contributed by atoms with van der Waals surface area (Å²) in [7, 11) is 0. The normalized spacial score (nSPS) is 11.4. The number of esters is 1. The molecule has 0 fully saturated rings. The fraction of sp³-hybridized carbons (Fsp3) is 0.292. The van der Waals surface area contributed by atoms with Crippen LogP contribution in [0.15, 0.2) is 59.3 Å². The molecule has 4 aromatic rings. The summed E-state index contributed by atoms with van der Waals surface area (Å²) >= 11 is 0. The Morgan fingerprint density at radius 1 is 1.10 bits per heavy atom. The Balaban J connectivity index is 1.85. The zero-order valence-electron chi connectivity index (χ0n) is 18.0. The number of nitrogens with zero attached hydrogens (tertiary/aromatic N) is 4. The van der Waals surface area contributed by atoms with Crippen LogP contribution in [0, 0.1) is 0 Å². The van der Waals surface area contributed by atoms with Crippen molar-refractivity contribution in [2.45, 2.75) is 27.3 Å². The molecule has 0 amide bonds. The number of fused-ring (bicyclic) bond motifs is 1. The van der Waals surface area contributed by atoms with E-state index in [0.717, 1.165) is 41.2 Å². The summed E-state index contributed by atoms with van der Waals surface area (Å²) in [6, 6.07) is 15.4. The van der Waals surface area contributed by atoms with E-state index in [1.54, 1.807) is 29.8 Å². The minimum atomic E-state index is -0.360. The van der Waals surface area contributed by atoms with Crippen LogP contribution >= 0.6 is 0 Å². The van der Waals surface area contributed by atoms with Crippen molar-refractivity contribution in [3.8, 4) is 22.5 Å². The molecule has 0 bridgehead atoms. The molecule has 3 aromatic heterocycles. The fourth-order valence-electron chi connectivity index (χ4n) is 3.61. The van der Waals surface area contributed by atoms with Crippen LogP contribution in [-0.2, 0) is 11.3 Å². The van der Waals surface area contributed by atoms with Crippen molar-refractivity contribution in [1.82, 2.24) is 19.7 Å². The van der Waals surface area contributed by atoms with Crippen LogP contribution in [0.1, 0.15) is 36.9 Å². The second kappa shape index (κ2) is 9.14. The molecule has 4 rings (SSSR count). The van der Waals surface area contributed by atoms with E-state index in [1.165, 1.54) is 0 Å². The Labute approximate surface area is 181 Å². The first-order valence-electron chi connectivity index (χ1n) is 10.6. The Kier molecular flexibility index (Phi) is 6.13. The molecule has 3 heterocycles. The predicted molar refractivity (Wildman–Crippen MR) is 119 cm³/mol. The summed E-state index contributed by atoms with van der Waals surface area (Å²) < 4.78 is 12.6. The van der Waals surface area contributed by atoms with E-state index < -0.39 is 0 Å². The molecule has 0 atom stereocenters. The third kappa shape index (κ3) is 4.22. The van der Waals surface area contributed by atoms with Gasteiger partial charge in [-0.1, -0.05) is 49.3 Å². The standard InChI is InChI=1S/C24H26N4O3/c1-4-27(5-2)16-19-15-20(26-31-19)22-21-14-18(24(29)30-6-3)12-13-28(21)25-23(22)17-10-8-7-9-11-17/h7-15H,4-6,16H2,1-3H3. The fourth-order valence-corrected chi connectivity index (χ4v) is 3.61. The van der Waals surface area contributed by atoms with Gasteiger partial charge in [0.15, 0.2) is 5.76 Å². The highest BCUT2D eigenvalue weighted by molar-refractivity contribution is 5.96. The Morgan fingerprint density at radius 3 is 2.58 bits per heavy atom. The number of carbonyl (C=O) groups excluding carboxylic acids is 1. The molecule has 0 aliphatic heterocycles. The van der Waals surface area contributed by atoms with E-state index in [9.17, 15) is 4.79 Å². The number of hydrogen-bond donors (Lipinski definition) is 0. The number of aromatic nitrogens is 3. The van der Waals surface area contributed by atoms with E-state index in [-0.39, 0.29) is 5.97 Å². The van der Waals surface area contributed by atoms with Crippen molar-refractivity contribution in [2.24, 2.45) is 0 Å². The van der Waals surface area contributed by atoms with Crippen LogP contribution in [0.2, 0.25) is 0 Å². The smallest absolute Gasteiger partial charge is 0.338 e. The van der Waals surface area contributed by atoms with Gasteiger partial charge in [0.1, 0.15) is 11.4 Å². The van der Waals surface area contributed by atoms with Gasteiger partial charge in [-0.15, -0.1) is 0 Å². The molecule has 7 heteroatoms. The summed E-state index contributed by atoms with van der Waals surface area (Å²) in [6.45, 7) is 8.91. The maximum absolute atomic E-state index is 12.3. The largest absolute Gasteiger partial charge is 0.462 e. The van der Waals surface area contributed by atoms with Crippen LogP contribution in [0.3, 0.4) is 0 Å². The van der Waals surface area contributed by atoms with E-state index in [4.69, 9.17) is 14.4 Å². The molecular formula is C24H26N4O3. The molecule has 1 aromatic carbocycles. The highest BCUT2D eigenvalue weighted by Gasteiger charge is 2.21. The summed E-state index contributed by atoms with van der Waals surface area (Å²) in [5.74, 6) is 0.430. The number of carbonyl (C=O) groups is 1. The topological polar surface area (TPSA) is 72.9 Å². The molecular weight excluding hydrogens is 392 g/mol. The Morgan fingerprint density at radius 2 is 1.87 bits per heavy atom. The molecule has 7 nitrogen and oxygen atoms in total. The molecule has 0 spiro atoms. The highest BCUT2D eigenvalue weighted by atomic mass is 16.5. The summed E-state index contributed by atoms with van der Waals surface area (Å²) in [5, 5.41) is 9.14. The summed E-state index contributed by atoms with van der Waals surface area (Å²) in [4.78, 5) is 14.6. The SMILES string of the molecule is CCOC(=O)c1ccn2nc(-c3ccccc3)c(-c3cc(CN(CC)CC)on3)c2c1. The van der Waals surface area contributed by atoms with Gasteiger partial charge < -0.3 is 9.26 Å². The van der Waals surface area contributed by atoms with E-state index in [1.807, 2.05) is 36.4 Å². The van der Waals surface area contributed by atoms with Gasteiger partial charge in [0.25, 0.3) is 0 Å². The molecule has 160 valence electrons. The van der Waals surface area contributed by atoms with Crippen molar-refractivity contribution >= 4 is 11.5 Å². The monoisotopic (exact) mass is 418 g/mol. The summed E-state index contributed by atoms with van der Waals surface area (Å²) in [5.41, 5.74) is 4.51. The maximum Gasteiger partial charge on any atom is 0.338 e. The molecule has 0 aliphatic rings. The Bertz CT molecular complexity index is 1180. The van der Waals surface area contributed by atoms with Crippen molar-refractivity contribution in [1.29, 1.82) is 0 Å². The van der Waals surface area contributed by atoms with Gasteiger partial charge in [0, 0.05) is 17.8 Å². The van der Waals surface area contributed by atoms with Crippen molar-refractivity contribution in [3.05, 3.63) is 66.1 Å². The van der Waals surface area contributed by atoms with E-state index >= 15 is 0 Å². The van der Waals surface area contributed by atoms with E-state index in [0.29, 0.717) is 24.4 Å². The second-order valence-electron chi connectivity index (χ2n) is 7.20. The van der Waals surface area contributed by atoms with Crippen LogP contribution in [-0.4, -0.2) is 45.3 Å². The molecule has 0 saturated carbocycles. The number of benzene rings is 1. The van der Waals surface area contributed by atoms with Crippen LogP contribution < -0.4 is 0 Å². The Hall–Kier alpha value is -3.45. The van der Waals surface area contributed by atoms with Gasteiger partial charge in [-0.2, -0.15) is 5.10 Å². The van der Waals surface area contributed by atoms with Crippen molar-refractivity contribution < 1.29 is 14.1 Å². The highest BCUT2D eigenvalue weighted by Crippen LogP contribution is 2.35. The predicted octanol–water partition coefficient (Wildman–Crippen LogP) is 4.67. The minimum Gasteiger partial charge on any atom is -0.462 e. The lowest BCUT2D eigenvalue weighted by Crippen LogP contribution is -2.21. The molecule has 0 radical (unpaired) electrons. The quantitative estimate of drug-likeness (QED) is 0.387. The lowest BCUT2D eigenvalue weighted by molar-refractivity contribution is 0.0526. The average molecular weight is 418 g/mol. The van der Waals surface area contributed by atoms with E-state index in [2.05, 4.69) is 23.9 Å². The first kappa shape index (κ1) is 20.8. The number of hydrogen-bond acceptors (Lipinski definition) is 6. The van der Waals surface area contributed by atoms with Gasteiger partial charge in [0.05, 0.1) is 29.8 Å². The van der Waals surface area contributed by atoms with Gasteiger partial charge in [-0.3, -0.25) is 4.90 Å². The third-order valence-corrected chi connectivity index (χ3v) is 5.28. The second-order valence-corrected chi connectivity index (χ2v) is 7.20. The number of ether oxygens (including phenoxy) is 1. The van der Waals surface area contributed by atoms with Gasteiger partial charge >= 0.3 is 5.97 Å². The molecule has 0 unspecified atom stereocenters. The summed E-state index contributed by atoms with van der Waals surface area (Å²) in [6.07, 6.45) is 1.77. The van der Waals surface area contributed by atoms with Crippen LogP contribution in [0.25, 0.3) is 28.0 Å². The zero-order chi connectivity index (χ0) is 21.8. The molecule has 31 heavy (non-hydrogen) atoms. The number of pyridine rings is 1. The zero-order valence-corrected chi connectivity index (χ0v) is 18.0. The van der Waals surface area contributed by atoms with Crippen molar-refractivity contribution in [2.75, 3.05) is 19.7 Å². The maximum atomic E-state index is 12.3. The van der Waals surface area contributed by atoms with Crippen LogP contribution in [0.5, 0.6) is 0 Å². The van der Waals surface area contributed by atoms with Gasteiger partial charge in [-0.05, 0) is 32.1 Å². The third-order valence-electron chi connectivity index (χ3n) is 5.28. The first-order valence-corrected chi connectivity index (χ1v) is 10.6. The lowest BCUT2D eigenvalue weighted by atomic mass is 10.0. The average Bonchev–Trinajstić information content (AvgIpc) is 3.41. The molecule has 0 N–H and O–H groups in total. The molecule has 0 saturated heterocycles.